The van der Waals surface area contributed by atoms with Gasteiger partial charge in [0.25, 0.3) is 0 Å². The molecule has 1 heterocycles. The second-order valence-corrected chi connectivity index (χ2v) is 7.35. The average molecular weight is 290 g/mol. The fraction of sp³-hybridized carbons (Fsp3) is 0.500. The second-order valence-electron chi connectivity index (χ2n) is 4.76. The van der Waals surface area contributed by atoms with Crippen molar-refractivity contribution < 1.29 is 13.5 Å². The van der Waals surface area contributed by atoms with Crippen LogP contribution in [-0.4, -0.2) is 49.1 Å². The van der Waals surface area contributed by atoms with Crippen LogP contribution in [0.3, 0.4) is 0 Å². The Hall–Kier alpha value is -0.620. The zero-order valence-corrected chi connectivity index (χ0v) is 11.7. The van der Waals surface area contributed by atoms with Crippen LogP contribution < -0.4 is 0 Å². The van der Waals surface area contributed by atoms with Gasteiger partial charge in [-0.2, -0.15) is 0 Å². The second kappa shape index (κ2) is 5.17. The predicted molar refractivity (Wildman–Crippen MR) is 71.4 cm³/mol. The van der Waals surface area contributed by atoms with Crippen LogP contribution in [-0.2, 0) is 16.4 Å². The molecule has 1 fully saturated rings. The molecule has 100 valence electrons. The van der Waals surface area contributed by atoms with Crippen LogP contribution in [0.5, 0.6) is 0 Å². The van der Waals surface area contributed by atoms with E-state index in [9.17, 15) is 13.5 Å². The lowest BCUT2D eigenvalue weighted by Crippen LogP contribution is -2.40. The number of likely N-dealkylation sites (N-methyl/N-ethyl adjacent to an activating group) is 1. The monoisotopic (exact) mass is 289 g/mol. The standard InChI is InChI=1S/C12H16ClNO3S/c1-14(6-9-3-2-4-10(13)5-9)11-7-18(16,17)8-12(11)15/h2-5,11-12,15H,6-8H2,1H3. The molecular weight excluding hydrogens is 274 g/mol. The van der Waals surface area contributed by atoms with Crippen LogP contribution in [0.4, 0.5) is 0 Å². The summed E-state index contributed by atoms with van der Waals surface area (Å²) in [6, 6.07) is 7.08. The highest BCUT2D eigenvalue weighted by Crippen LogP contribution is 2.20. The summed E-state index contributed by atoms with van der Waals surface area (Å²) < 4.78 is 22.9. The first-order chi connectivity index (χ1) is 8.37. The first-order valence-electron chi connectivity index (χ1n) is 5.70. The van der Waals surface area contributed by atoms with Crippen molar-refractivity contribution in [2.45, 2.75) is 18.7 Å². The van der Waals surface area contributed by atoms with Gasteiger partial charge in [-0.05, 0) is 24.7 Å². The topological polar surface area (TPSA) is 57.6 Å². The van der Waals surface area contributed by atoms with Crippen LogP contribution in [0.15, 0.2) is 24.3 Å². The largest absolute Gasteiger partial charge is 0.390 e. The molecule has 1 N–H and O–H groups in total. The highest BCUT2D eigenvalue weighted by Gasteiger charge is 2.38. The highest BCUT2D eigenvalue weighted by atomic mass is 35.5. The van der Waals surface area contributed by atoms with E-state index < -0.39 is 15.9 Å². The van der Waals surface area contributed by atoms with Gasteiger partial charge in [0, 0.05) is 11.6 Å². The van der Waals surface area contributed by atoms with Crippen LogP contribution in [0, 0.1) is 0 Å². The smallest absolute Gasteiger partial charge is 0.154 e. The molecular formula is C12H16ClNO3S. The Morgan fingerprint density at radius 2 is 2.17 bits per heavy atom. The quantitative estimate of drug-likeness (QED) is 0.899. The fourth-order valence-electron chi connectivity index (χ4n) is 2.27. The van der Waals surface area contributed by atoms with Crippen LogP contribution >= 0.6 is 11.6 Å². The van der Waals surface area contributed by atoms with Gasteiger partial charge in [0.1, 0.15) is 0 Å². The van der Waals surface area contributed by atoms with Gasteiger partial charge in [-0.25, -0.2) is 8.42 Å². The predicted octanol–water partition coefficient (Wildman–Crippen LogP) is 0.930. The third kappa shape index (κ3) is 3.23. The number of sulfone groups is 1. The van der Waals surface area contributed by atoms with Crippen molar-refractivity contribution in [3.8, 4) is 0 Å². The number of halogens is 1. The molecule has 1 aromatic rings. The summed E-state index contributed by atoms with van der Waals surface area (Å²) in [7, 11) is -1.29. The molecule has 0 saturated carbocycles. The van der Waals surface area contributed by atoms with E-state index in [0.29, 0.717) is 11.6 Å². The van der Waals surface area contributed by atoms with Gasteiger partial charge < -0.3 is 5.11 Å². The Morgan fingerprint density at radius 1 is 1.44 bits per heavy atom. The summed E-state index contributed by atoms with van der Waals surface area (Å²) in [6.07, 6.45) is -0.806. The minimum absolute atomic E-state index is 0.0191. The first-order valence-corrected chi connectivity index (χ1v) is 7.90. The molecule has 1 aliphatic rings. The molecule has 1 aliphatic heterocycles. The van der Waals surface area contributed by atoms with E-state index in [2.05, 4.69) is 0 Å². The molecule has 0 radical (unpaired) electrons. The molecule has 0 amide bonds. The number of hydrogen-bond donors (Lipinski definition) is 1. The van der Waals surface area contributed by atoms with Gasteiger partial charge in [-0.3, -0.25) is 4.90 Å². The Morgan fingerprint density at radius 3 is 2.72 bits per heavy atom. The molecule has 0 spiro atoms. The van der Waals surface area contributed by atoms with Gasteiger partial charge in [0.15, 0.2) is 9.84 Å². The molecule has 0 bridgehead atoms. The molecule has 4 nitrogen and oxygen atoms in total. The molecule has 6 heteroatoms. The maximum atomic E-state index is 11.5. The molecule has 18 heavy (non-hydrogen) atoms. The molecule has 1 aromatic carbocycles. The Kier molecular flexibility index (Phi) is 3.96. The summed E-state index contributed by atoms with van der Waals surface area (Å²) in [6.45, 7) is 0.567. The first kappa shape index (κ1) is 13.8. The maximum Gasteiger partial charge on any atom is 0.154 e. The third-order valence-corrected chi connectivity index (χ3v) is 5.11. The zero-order chi connectivity index (χ0) is 13.3. The van der Waals surface area contributed by atoms with Gasteiger partial charge in [0.2, 0.25) is 0 Å². The maximum absolute atomic E-state index is 11.5. The number of nitrogens with zero attached hydrogens (tertiary/aromatic N) is 1. The Bertz CT molecular complexity index is 532. The summed E-state index contributed by atoms with van der Waals surface area (Å²) in [4.78, 5) is 1.86. The van der Waals surface area contributed by atoms with Gasteiger partial charge in [-0.15, -0.1) is 0 Å². The van der Waals surface area contributed by atoms with Crippen molar-refractivity contribution in [1.82, 2.24) is 4.90 Å². The normalized spacial score (nSPS) is 26.7. The molecule has 2 unspecified atom stereocenters. The molecule has 0 aliphatic carbocycles. The SMILES string of the molecule is CN(Cc1cccc(Cl)c1)C1CS(=O)(=O)CC1O. The van der Waals surface area contributed by atoms with E-state index in [4.69, 9.17) is 11.6 Å². The number of benzene rings is 1. The number of aliphatic hydroxyl groups is 1. The van der Waals surface area contributed by atoms with Gasteiger partial charge >= 0.3 is 0 Å². The summed E-state index contributed by atoms with van der Waals surface area (Å²) >= 11 is 5.90. The number of hydrogen-bond acceptors (Lipinski definition) is 4. The molecule has 2 atom stereocenters. The van der Waals surface area contributed by atoms with Crippen molar-refractivity contribution in [2.24, 2.45) is 0 Å². The van der Waals surface area contributed by atoms with Gasteiger partial charge in [-0.1, -0.05) is 23.7 Å². The van der Waals surface area contributed by atoms with E-state index in [-0.39, 0.29) is 17.5 Å². The van der Waals surface area contributed by atoms with E-state index in [1.54, 1.807) is 6.07 Å². The van der Waals surface area contributed by atoms with Crippen LogP contribution in [0.25, 0.3) is 0 Å². The van der Waals surface area contributed by atoms with Crippen molar-refractivity contribution in [3.63, 3.8) is 0 Å². The van der Waals surface area contributed by atoms with E-state index in [1.165, 1.54) is 0 Å². The number of rotatable bonds is 3. The van der Waals surface area contributed by atoms with Crippen molar-refractivity contribution >= 4 is 21.4 Å². The molecule has 1 saturated heterocycles. The van der Waals surface area contributed by atoms with Crippen molar-refractivity contribution in [2.75, 3.05) is 18.6 Å². The van der Waals surface area contributed by atoms with E-state index in [0.717, 1.165) is 5.56 Å². The lowest BCUT2D eigenvalue weighted by molar-refractivity contribution is 0.0958. The highest BCUT2D eigenvalue weighted by molar-refractivity contribution is 7.91. The average Bonchev–Trinajstić information content (AvgIpc) is 2.52. The lowest BCUT2D eigenvalue weighted by Gasteiger charge is -2.25. The van der Waals surface area contributed by atoms with E-state index in [1.807, 2.05) is 30.1 Å². The third-order valence-electron chi connectivity index (χ3n) is 3.18. The molecule has 0 aromatic heterocycles. The van der Waals surface area contributed by atoms with Crippen molar-refractivity contribution in [3.05, 3.63) is 34.9 Å². The van der Waals surface area contributed by atoms with Crippen molar-refractivity contribution in [1.29, 1.82) is 0 Å². The summed E-state index contributed by atoms with van der Waals surface area (Å²) in [5.74, 6) is -0.122. The Balaban J connectivity index is 2.07. The van der Waals surface area contributed by atoms with E-state index >= 15 is 0 Å². The summed E-state index contributed by atoms with van der Waals surface area (Å²) in [5, 5.41) is 10.4. The Labute approximate surface area is 112 Å². The minimum Gasteiger partial charge on any atom is -0.390 e. The van der Waals surface area contributed by atoms with Gasteiger partial charge in [0.05, 0.1) is 23.7 Å². The fourth-order valence-corrected chi connectivity index (χ4v) is 4.36. The number of aliphatic hydroxyl groups excluding tert-OH is 1. The zero-order valence-electron chi connectivity index (χ0n) is 10.1. The molecule has 2 rings (SSSR count). The van der Waals surface area contributed by atoms with Crippen LogP contribution in [0.2, 0.25) is 5.02 Å². The minimum atomic E-state index is -3.11. The van der Waals surface area contributed by atoms with Crippen LogP contribution in [0.1, 0.15) is 5.56 Å². The lowest BCUT2D eigenvalue weighted by atomic mass is 10.1. The summed E-state index contributed by atoms with van der Waals surface area (Å²) in [5.41, 5.74) is 1.00.